The van der Waals surface area contributed by atoms with E-state index in [0.717, 1.165) is 13.2 Å². The largest absolute Gasteiger partial charge is 0.378 e. The molecule has 2 saturated carbocycles. The van der Waals surface area contributed by atoms with Gasteiger partial charge in [0.2, 0.25) is 0 Å². The van der Waals surface area contributed by atoms with Crippen molar-refractivity contribution in [2.24, 2.45) is 5.41 Å². The molecule has 2 fully saturated rings. The number of ether oxygens (including phenoxy) is 1. The molecular formula is C19H29NO. The Morgan fingerprint density at radius 2 is 2.05 bits per heavy atom. The molecule has 0 radical (unpaired) electrons. The average Bonchev–Trinajstić information content (AvgIpc) is 2.51. The molecule has 2 nitrogen and oxygen atoms in total. The monoisotopic (exact) mass is 287 g/mol. The van der Waals surface area contributed by atoms with Crippen molar-refractivity contribution in [3.05, 3.63) is 35.4 Å². The maximum atomic E-state index is 6.03. The second-order valence-electron chi connectivity index (χ2n) is 6.90. The molecule has 3 rings (SSSR count). The number of hydrogen-bond donors (Lipinski definition) is 1. The lowest BCUT2D eigenvalue weighted by Crippen LogP contribution is -2.64. The van der Waals surface area contributed by atoms with Crippen LogP contribution in [0, 0.1) is 12.3 Å². The van der Waals surface area contributed by atoms with Gasteiger partial charge in [0, 0.05) is 24.6 Å². The molecule has 21 heavy (non-hydrogen) atoms. The molecule has 2 unspecified atom stereocenters. The first kappa shape index (κ1) is 15.1. The van der Waals surface area contributed by atoms with Crippen molar-refractivity contribution in [2.75, 3.05) is 6.61 Å². The van der Waals surface area contributed by atoms with Crippen LogP contribution >= 0.6 is 0 Å². The fourth-order valence-electron chi connectivity index (χ4n) is 4.41. The summed E-state index contributed by atoms with van der Waals surface area (Å²) in [4.78, 5) is 0. The van der Waals surface area contributed by atoms with Crippen molar-refractivity contribution in [1.82, 2.24) is 5.32 Å². The Kier molecular flexibility index (Phi) is 4.66. The quantitative estimate of drug-likeness (QED) is 0.876. The minimum absolute atomic E-state index is 0.429. The second-order valence-corrected chi connectivity index (χ2v) is 6.90. The number of rotatable bonds is 5. The van der Waals surface area contributed by atoms with Crippen molar-refractivity contribution < 1.29 is 4.74 Å². The van der Waals surface area contributed by atoms with E-state index in [1.165, 1.54) is 49.7 Å². The van der Waals surface area contributed by atoms with E-state index in [1.807, 2.05) is 0 Å². The van der Waals surface area contributed by atoms with E-state index in [4.69, 9.17) is 4.74 Å². The molecule has 1 aromatic rings. The van der Waals surface area contributed by atoms with Gasteiger partial charge in [-0.15, -0.1) is 0 Å². The van der Waals surface area contributed by atoms with Crippen LogP contribution in [0.2, 0.25) is 0 Å². The van der Waals surface area contributed by atoms with Crippen LogP contribution in [0.1, 0.15) is 56.6 Å². The zero-order valence-corrected chi connectivity index (χ0v) is 13.5. The zero-order valence-electron chi connectivity index (χ0n) is 13.5. The second kappa shape index (κ2) is 6.50. The van der Waals surface area contributed by atoms with Gasteiger partial charge >= 0.3 is 0 Å². The lowest BCUT2D eigenvalue weighted by Gasteiger charge is -2.58. The predicted octanol–water partition coefficient (Wildman–Crippen LogP) is 4.21. The summed E-state index contributed by atoms with van der Waals surface area (Å²) >= 11 is 0. The molecule has 0 aromatic heterocycles. The molecule has 1 spiro atoms. The maximum absolute atomic E-state index is 6.03. The fraction of sp³-hybridized carbons (Fsp3) is 0.684. The van der Waals surface area contributed by atoms with Gasteiger partial charge in [0.1, 0.15) is 0 Å². The van der Waals surface area contributed by atoms with E-state index in [0.29, 0.717) is 17.6 Å². The summed E-state index contributed by atoms with van der Waals surface area (Å²) in [5.74, 6) is 0. The fourth-order valence-corrected chi connectivity index (χ4v) is 4.41. The molecule has 2 aliphatic rings. The molecule has 0 bridgehead atoms. The van der Waals surface area contributed by atoms with Crippen molar-refractivity contribution in [1.29, 1.82) is 0 Å². The van der Waals surface area contributed by atoms with Crippen LogP contribution in [0.15, 0.2) is 24.3 Å². The van der Waals surface area contributed by atoms with Crippen molar-refractivity contribution in [2.45, 2.75) is 71.1 Å². The summed E-state index contributed by atoms with van der Waals surface area (Å²) in [6.07, 6.45) is 8.56. The Morgan fingerprint density at radius 1 is 1.24 bits per heavy atom. The van der Waals surface area contributed by atoms with E-state index in [9.17, 15) is 0 Å². The van der Waals surface area contributed by atoms with Crippen LogP contribution in [0.3, 0.4) is 0 Å². The average molecular weight is 287 g/mol. The first-order chi connectivity index (χ1) is 10.2. The third kappa shape index (κ3) is 3.02. The highest BCUT2D eigenvalue weighted by atomic mass is 16.5. The van der Waals surface area contributed by atoms with Gasteiger partial charge in [-0.05, 0) is 38.7 Å². The van der Waals surface area contributed by atoms with Crippen LogP contribution < -0.4 is 5.32 Å². The zero-order chi connectivity index (χ0) is 14.7. The number of hydrogen-bond acceptors (Lipinski definition) is 2. The van der Waals surface area contributed by atoms with Crippen LogP contribution in [0.4, 0.5) is 0 Å². The molecule has 0 saturated heterocycles. The third-order valence-electron chi connectivity index (χ3n) is 5.57. The van der Waals surface area contributed by atoms with Crippen LogP contribution in [0.5, 0.6) is 0 Å². The molecule has 1 aromatic carbocycles. The molecule has 2 atom stereocenters. The van der Waals surface area contributed by atoms with Crippen LogP contribution in [-0.4, -0.2) is 18.8 Å². The number of benzene rings is 1. The SMILES string of the molecule is CCOC1CC(NCc2cccc(C)c2)C12CCCCC2. The van der Waals surface area contributed by atoms with Crippen molar-refractivity contribution in [3.8, 4) is 0 Å². The van der Waals surface area contributed by atoms with E-state index in [-0.39, 0.29) is 0 Å². The highest BCUT2D eigenvalue weighted by Gasteiger charge is 2.55. The standard InChI is InChI=1S/C19H29NO/c1-3-21-18-13-17(19(18)10-5-4-6-11-19)20-14-16-9-7-8-15(2)12-16/h7-9,12,17-18,20H,3-6,10-11,13-14H2,1-2H3. The smallest absolute Gasteiger partial charge is 0.0661 e. The van der Waals surface area contributed by atoms with Gasteiger partial charge in [-0.25, -0.2) is 0 Å². The summed E-state index contributed by atoms with van der Waals surface area (Å²) < 4.78 is 6.03. The first-order valence-electron chi connectivity index (χ1n) is 8.65. The summed E-state index contributed by atoms with van der Waals surface area (Å²) in [5, 5.41) is 3.83. The Balaban J connectivity index is 1.62. The van der Waals surface area contributed by atoms with Gasteiger partial charge in [-0.1, -0.05) is 49.1 Å². The van der Waals surface area contributed by atoms with Crippen molar-refractivity contribution in [3.63, 3.8) is 0 Å². The maximum Gasteiger partial charge on any atom is 0.0661 e. The minimum atomic E-state index is 0.429. The molecule has 2 aliphatic carbocycles. The normalized spacial score (nSPS) is 27.5. The van der Waals surface area contributed by atoms with Crippen LogP contribution in [-0.2, 0) is 11.3 Å². The number of nitrogens with one attached hydrogen (secondary N) is 1. The van der Waals surface area contributed by atoms with Gasteiger partial charge in [0.15, 0.2) is 0 Å². The lowest BCUT2D eigenvalue weighted by atomic mass is 9.55. The topological polar surface area (TPSA) is 21.3 Å². The molecule has 1 N–H and O–H groups in total. The molecule has 116 valence electrons. The first-order valence-corrected chi connectivity index (χ1v) is 8.65. The van der Waals surface area contributed by atoms with Gasteiger partial charge < -0.3 is 10.1 Å². The molecule has 2 heteroatoms. The minimum Gasteiger partial charge on any atom is -0.378 e. The van der Waals surface area contributed by atoms with Crippen LogP contribution in [0.25, 0.3) is 0 Å². The Morgan fingerprint density at radius 3 is 2.76 bits per heavy atom. The van der Waals surface area contributed by atoms with Gasteiger partial charge in [-0.3, -0.25) is 0 Å². The Bertz CT molecular complexity index is 464. The summed E-state index contributed by atoms with van der Waals surface area (Å²) in [6.45, 7) is 6.15. The Hall–Kier alpha value is -0.860. The van der Waals surface area contributed by atoms with E-state index in [2.05, 4.69) is 43.4 Å². The van der Waals surface area contributed by atoms with Gasteiger partial charge in [-0.2, -0.15) is 0 Å². The highest BCUT2D eigenvalue weighted by molar-refractivity contribution is 5.22. The number of aryl methyl sites for hydroxylation is 1. The predicted molar refractivity (Wildman–Crippen MR) is 87.4 cm³/mol. The summed E-state index contributed by atoms with van der Waals surface area (Å²) in [5.41, 5.74) is 3.18. The molecule has 0 amide bonds. The molecular weight excluding hydrogens is 258 g/mol. The van der Waals surface area contributed by atoms with Crippen molar-refractivity contribution >= 4 is 0 Å². The Labute approximate surface area is 129 Å². The molecule has 0 aliphatic heterocycles. The van der Waals surface area contributed by atoms with E-state index < -0.39 is 0 Å². The van der Waals surface area contributed by atoms with Gasteiger partial charge in [0.25, 0.3) is 0 Å². The third-order valence-corrected chi connectivity index (χ3v) is 5.57. The highest BCUT2D eigenvalue weighted by Crippen LogP contribution is 2.53. The lowest BCUT2D eigenvalue weighted by molar-refractivity contribution is -0.150. The summed E-state index contributed by atoms with van der Waals surface area (Å²) in [7, 11) is 0. The summed E-state index contributed by atoms with van der Waals surface area (Å²) in [6, 6.07) is 9.49. The van der Waals surface area contributed by atoms with E-state index in [1.54, 1.807) is 0 Å². The molecule has 0 heterocycles. The van der Waals surface area contributed by atoms with E-state index >= 15 is 0 Å². The van der Waals surface area contributed by atoms with Gasteiger partial charge in [0.05, 0.1) is 6.10 Å².